The second-order valence-electron chi connectivity index (χ2n) is 7.81. The molecular weight excluding hydrogens is 254 g/mol. The van der Waals surface area contributed by atoms with Crippen LogP contribution in [0.15, 0.2) is 0 Å². The number of carbonyl (C=O) groups is 2. The van der Waals surface area contributed by atoms with Crippen molar-refractivity contribution in [3.63, 3.8) is 0 Å². The van der Waals surface area contributed by atoms with Crippen LogP contribution in [0.2, 0.25) is 18.1 Å². The van der Waals surface area contributed by atoms with Crippen LogP contribution in [0.1, 0.15) is 52.9 Å². The molecular formula is C15H27NO2Si. The van der Waals surface area contributed by atoms with Crippen LogP contribution < -0.4 is 0 Å². The van der Waals surface area contributed by atoms with Crippen molar-refractivity contribution in [2.45, 2.75) is 77.0 Å². The van der Waals surface area contributed by atoms with Crippen molar-refractivity contribution in [3.05, 3.63) is 0 Å². The zero-order chi connectivity index (χ0) is 14.4. The first-order valence-electron chi connectivity index (χ1n) is 7.47. The summed E-state index contributed by atoms with van der Waals surface area (Å²) in [6.45, 7) is 11.4. The molecule has 0 radical (unpaired) electrons. The number of β-lactam (4-membered cyclic amide) rings is 1. The van der Waals surface area contributed by atoms with Crippen molar-refractivity contribution in [1.82, 2.24) is 4.57 Å². The summed E-state index contributed by atoms with van der Waals surface area (Å²) in [6, 6.07) is 0.407. The minimum absolute atomic E-state index is 0.201. The minimum atomic E-state index is -1.74. The Hall–Kier alpha value is -0.643. The number of rotatable bonds is 3. The van der Waals surface area contributed by atoms with E-state index in [1.807, 2.05) is 0 Å². The molecule has 0 aromatic carbocycles. The highest BCUT2D eigenvalue weighted by atomic mass is 28.3. The van der Waals surface area contributed by atoms with Gasteiger partial charge in [-0.2, -0.15) is 0 Å². The monoisotopic (exact) mass is 281 g/mol. The third-order valence-electron chi connectivity index (χ3n) is 5.43. The molecule has 0 aromatic rings. The molecule has 0 bridgehead atoms. The molecule has 2 aliphatic rings. The summed E-state index contributed by atoms with van der Waals surface area (Å²) >= 11 is 0. The van der Waals surface area contributed by atoms with Gasteiger partial charge in [-0.05, 0) is 23.8 Å². The summed E-state index contributed by atoms with van der Waals surface area (Å²) < 4.78 is 2.22. The van der Waals surface area contributed by atoms with E-state index >= 15 is 0 Å². The van der Waals surface area contributed by atoms with Crippen molar-refractivity contribution in [2.24, 2.45) is 5.92 Å². The van der Waals surface area contributed by atoms with Gasteiger partial charge in [-0.15, -0.1) is 0 Å². The van der Waals surface area contributed by atoms with Gasteiger partial charge in [0, 0.05) is 25.3 Å². The molecule has 0 N–H and O–H groups in total. The first kappa shape index (κ1) is 14.8. The average molecular weight is 281 g/mol. The van der Waals surface area contributed by atoms with E-state index in [9.17, 15) is 9.59 Å². The molecule has 1 amide bonds. The Kier molecular flexibility index (Phi) is 3.67. The Morgan fingerprint density at radius 1 is 1.21 bits per heavy atom. The number of nitrogens with zero attached hydrogens (tertiary/aromatic N) is 1. The molecule has 3 nitrogen and oxygen atoms in total. The van der Waals surface area contributed by atoms with Crippen LogP contribution in [-0.4, -0.2) is 30.5 Å². The van der Waals surface area contributed by atoms with Gasteiger partial charge in [-0.3, -0.25) is 9.59 Å². The lowest BCUT2D eigenvalue weighted by molar-refractivity contribution is -0.139. The van der Waals surface area contributed by atoms with Gasteiger partial charge in [0.25, 0.3) is 0 Å². The summed E-state index contributed by atoms with van der Waals surface area (Å²) in [6.07, 6.45) is 4.29. The van der Waals surface area contributed by atoms with E-state index in [4.69, 9.17) is 0 Å². The molecule has 1 aliphatic heterocycles. The minimum Gasteiger partial charge on any atom is -0.366 e. The zero-order valence-corrected chi connectivity index (χ0v) is 14.0. The second kappa shape index (κ2) is 4.72. The molecule has 19 heavy (non-hydrogen) atoms. The fourth-order valence-corrected chi connectivity index (χ4v) is 5.82. The van der Waals surface area contributed by atoms with E-state index in [1.165, 1.54) is 0 Å². The number of ketones is 1. The quantitative estimate of drug-likeness (QED) is 0.587. The molecule has 2 atom stereocenters. The van der Waals surface area contributed by atoms with Crippen molar-refractivity contribution >= 4 is 19.9 Å². The zero-order valence-electron chi connectivity index (χ0n) is 13.0. The highest BCUT2D eigenvalue weighted by Gasteiger charge is 2.52. The lowest BCUT2D eigenvalue weighted by Gasteiger charge is -2.55. The van der Waals surface area contributed by atoms with Crippen LogP contribution >= 0.6 is 0 Å². The van der Waals surface area contributed by atoms with E-state index in [0.29, 0.717) is 30.1 Å². The predicted octanol–water partition coefficient (Wildman–Crippen LogP) is 3.35. The molecule has 108 valence electrons. The van der Waals surface area contributed by atoms with E-state index in [2.05, 4.69) is 38.4 Å². The van der Waals surface area contributed by atoms with Crippen LogP contribution in [0.25, 0.3) is 0 Å². The van der Waals surface area contributed by atoms with Gasteiger partial charge in [-0.25, -0.2) is 0 Å². The van der Waals surface area contributed by atoms with Crippen molar-refractivity contribution in [2.75, 3.05) is 0 Å². The number of hydrogen-bond acceptors (Lipinski definition) is 2. The van der Waals surface area contributed by atoms with Crippen LogP contribution in [0.4, 0.5) is 0 Å². The molecule has 1 heterocycles. The Morgan fingerprint density at radius 3 is 2.26 bits per heavy atom. The van der Waals surface area contributed by atoms with Crippen LogP contribution in [0.5, 0.6) is 0 Å². The van der Waals surface area contributed by atoms with E-state index < -0.39 is 8.24 Å². The van der Waals surface area contributed by atoms with Gasteiger partial charge in [-0.1, -0.05) is 33.9 Å². The molecule has 2 rings (SSSR count). The van der Waals surface area contributed by atoms with Gasteiger partial charge >= 0.3 is 0 Å². The standard InChI is InChI=1S/C15H27NO2Si/c1-15(2,3)19(4,5)16-12(10-14(16)18)8-11-6-7-13(17)9-11/h11-12H,6-10H2,1-5H3/t11?,12-/m0/s1. The third-order valence-corrected chi connectivity index (χ3v) is 10.9. The Labute approximate surface area is 117 Å². The summed E-state index contributed by atoms with van der Waals surface area (Å²) in [5, 5.41) is 0.201. The van der Waals surface area contributed by atoms with Crippen molar-refractivity contribution < 1.29 is 9.59 Å². The smallest absolute Gasteiger partial charge is 0.216 e. The van der Waals surface area contributed by atoms with Crippen LogP contribution in [-0.2, 0) is 9.59 Å². The van der Waals surface area contributed by atoms with Gasteiger partial charge in [0.05, 0.1) is 0 Å². The van der Waals surface area contributed by atoms with Gasteiger partial charge in [0.15, 0.2) is 8.24 Å². The highest BCUT2D eigenvalue weighted by Crippen LogP contribution is 2.44. The molecule has 1 aliphatic carbocycles. The molecule has 1 saturated heterocycles. The molecule has 2 fully saturated rings. The van der Waals surface area contributed by atoms with Crippen molar-refractivity contribution in [3.8, 4) is 0 Å². The summed E-state index contributed by atoms with van der Waals surface area (Å²) in [5.41, 5.74) is 0. The van der Waals surface area contributed by atoms with Gasteiger partial charge < -0.3 is 4.57 Å². The number of amides is 1. The van der Waals surface area contributed by atoms with Crippen LogP contribution in [0.3, 0.4) is 0 Å². The average Bonchev–Trinajstić information content (AvgIpc) is 2.60. The van der Waals surface area contributed by atoms with E-state index in [0.717, 1.165) is 25.7 Å². The summed E-state index contributed by atoms with van der Waals surface area (Å²) in [7, 11) is -1.74. The lowest BCUT2D eigenvalue weighted by atomic mass is 9.92. The predicted molar refractivity (Wildman–Crippen MR) is 79.4 cm³/mol. The van der Waals surface area contributed by atoms with E-state index in [1.54, 1.807) is 0 Å². The number of hydrogen-bond donors (Lipinski definition) is 0. The number of Topliss-reactive ketones (excluding diaryl/α,β-unsaturated/α-hetero) is 1. The molecule has 1 saturated carbocycles. The molecule has 0 aromatic heterocycles. The highest BCUT2D eigenvalue weighted by molar-refractivity contribution is 6.79. The first-order chi connectivity index (χ1) is 8.63. The maximum Gasteiger partial charge on any atom is 0.216 e. The Balaban J connectivity index is 2.04. The van der Waals surface area contributed by atoms with Gasteiger partial charge in [0.1, 0.15) is 5.78 Å². The molecule has 4 heteroatoms. The maximum atomic E-state index is 12.1. The van der Waals surface area contributed by atoms with E-state index in [-0.39, 0.29) is 5.04 Å². The Bertz CT molecular complexity index is 397. The topological polar surface area (TPSA) is 37.4 Å². The largest absolute Gasteiger partial charge is 0.366 e. The number of carbonyl (C=O) groups excluding carboxylic acids is 2. The fraction of sp³-hybridized carbons (Fsp3) is 0.867. The lowest BCUT2D eigenvalue weighted by Crippen LogP contribution is -2.68. The third kappa shape index (κ3) is 2.64. The van der Waals surface area contributed by atoms with Gasteiger partial charge in [0.2, 0.25) is 5.91 Å². The second-order valence-corrected chi connectivity index (χ2v) is 12.9. The Morgan fingerprint density at radius 2 is 1.84 bits per heavy atom. The normalized spacial score (nSPS) is 28.8. The maximum absolute atomic E-state index is 12.1. The molecule has 1 unspecified atom stereocenters. The van der Waals surface area contributed by atoms with Crippen molar-refractivity contribution in [1.29, 1.82) is 0 Å². The first-order valence-corrected chi connectivity index (χ1v) is 10.4. The fourth-order valence-electron chi connectivity index (χ4n) is 3.28. The SMILES string of the molecule is CC(C)(C)[Si](C)(C)N1C(=O)C[C@@H]1CC1CCC(=O)C1. The molecule has 0 spiro atoms. The summed E-state index contributed by atoms with van der Waals surface area (Å²) in [5.74, 6) is 1.27. The van der Waals surface area contributed by atoms with Crippen LogP contribution in [0, 0.1) is 5.92 Å². The summed E-state index contributed by atoms with van der Waals surface area (Å²) in [4.78, 5) is 23.4.